The Morgan fingerprint density at radius 2 is 0.820 bits per heavy atom. The van der Waals surface area contributed by atoms with Crippen molar-refractivity contribution in [3.8, 4) is 67.7 Å². The van der Waals surface area contributed by atoms with Crippen molar-refractivity contribution < 1.29 is 4.42 Å². The van der Waals surface area contributed by atoms with Gasteiger partial charge in [0.1, 0.15) is 11.2 Å². The molecule has 5 nitrogen and oxygen atoms in total. The predicted molar refractivity (Wildman–Crippen MR) is 250 cm³/mol. The van der Waals surface area contributed by atoms with E-state index in [1.807, 2.05) is 42.5 Å². The summed E-state index contributed by atoms with van der Waals surface area (Å²) < 4.78 is 6.61. The highest BCUT2D eigenvalue weighted by Gasteiger charge is 2.22. The lowest BCUT2D eigenvalue weighted by atomic mass is 9.89. The van der Waals surface area contributed by atoms with Crippen LogP contribution in [0.3, 0.4) is 0 Å². The van der Waals surface area contributed by atoms with E-state index in [1.54, 1.807) is 0 Å². The van der Waals surface area contributed by atoms with Gasteiger partial charge in [0.05, 0.1) is 11.2 Å². The summed E-state index contributed by atoms with van der Waals surface area (Å²) in [6.07, 6.45) is 0. The Balaban J connectivity index is 0.974. The number of aromatic nitrogens is 4. The lowest BCUT2D eigenvalue weighted by Crippen LogP contribution is -2.00. The van der Waals surface area contributed by atoms with E-state index in [0.29, 0.717) is 17.5 Å². The van der Waals surface area contributed by atoms with Crippen LogP contribution < -0.4 is 0 Å². The van der Waals surface area contributed by atoms with Gasteiger partial charge >= 0.3 is 0 Å². The van der Waals surface area contributed by atoms with E-state index >= 15 is 0 Å². The van der Waals surface area contributed by atoms with Crippen LogP contribution in [0.2, 0.25) is 0 Å². The molecule has 0 bridgehead atoms. The van der Waals surface area contributed by atoms with Gasteiger partial charge in [0.15, 0.2) is 17.5 Å². The lowest BCUT2D eigenvalue weighted by molar-refractivity contribution is 0.669. The molecule has 0 N–H and O–H groups in total. The second-order valence-corrected chi connectivity index (χ2v) is 15.4. The van der Waals surface area contributed by atoms with Crippen LogP contribution in [0.15, 0.2) is 211 Å². The summed E-state index contributed by atoms with van der Waals surface area (Å²) >= 11 is 0. The molecule has 0 spiro atoms. The molecule has 9 aromatic carbocycles. The molecule has 0 aliphatic heterocycles. The van der Waals surface area contributed by atoms with Gasteiger partial charge in [0.2, 0.25) is 0 Å². The fourth-order valence-electron chi connectivity index (χ4n) is 8.74. The summed E-state index contributed by atoms with van der Waals surface area (Å²) in [6.45, 7) is 0. The largest absolute Gasteiger partial charge is 0.456 e. The quantitative estimate of drug-likeness (QED) is 0.157. The van der Waals surface area contributed by atoms with Crippen molar-refractivity contribution in [2.75, 3.05) is 0 Å². The van der Waals surface area contributed by atoms with E-state index in [0.717, 1.165) is 99.2 Å². The Labute approximate surface area is 351 Å². The molecule has 5 heteroatoms. The molecule has 3 heterocycles. The Morgan fingerprint density at radius 3 is 1.54 bits per heavy atom. The van der Waals surface area contributed by atoms with E-state index in [4.69, 9.17) is 24.4 Å². The molecule has 0 fully saturated rings. The summed E-state index contributed by atoms with van der Waals surface area (Å²) in [5.74, 6) is 1.91. The third kappa shape index (κ3) is 6.02. The zero-order chi connectivity index (χ0) is 40.3. The predicted octanol–water partition coefficient (Wildman–Crippen LogP) is 14.6. The number of para-hydroxylation sites is 2. The van der Waals surface area contributed by atoms with Crippen LogP contribution in [0.1, 0.15) is 0 Å². The fourth-order valence-corrected chi connectivity index (χ4v) is 8.74. The standard InChI is InChI=1S/C56H34N4O/c1-3-14-39(15-4-1)53-46-34-49-52(45-20-10-12-22-48(45)61-49)50(51(46)44-19-9-11-21-47(44)57-53)38-28-23-36(24-29-38)37-25-30-41(31-26-37)55-58-54(40-16-5-2-6-17-40)59-56(60-55)43-32-27-35-13-7-8-18-42(35)33-43/h1-34H. The van der Waals surface area contributed by atoms with E-state index in [1.165, 1.54) is 5.39 Å². The van der Waals surface area contributed by atoms with Crippen LogP contribution in [0.5, 0.6) is 0 Å². The zero-order valence-electron chi connectivity index (χ0n) is 32.8. The minimum atomic E-state index is 0.628. The molecular formula is C56H34N4O. The second kappa shape index (κ2) is 14.2. The number of nitrogens with zero attached hydrogens (tertiary/aromatic N) is 4. The summed E-state index contributed by atoms with van der Waals surface area (Å²) in [6, 6.07) is 71.6. The maximum Gasteiger partial charge on any atom is 0.164 e. The summed E-state index contributed by atoms with van der Waals surface area (Å²) in [5.41, 5.74) is 11.9. The number of pyridine rings is 1. The normalized spacial score (nSPS) is 11.6. The Morgan fingerprint density at radius 1 is 0.295 bits per heavy atom. The van der Waals surface area contributed by atoms with Gasteiger partial charge in [-0.1, -0.05) is 182 Å². The van der Waals surface area contributed by atoms with E-state index in [2.05, 4.69) is 164 Å². The van der Waals surface area contributed by atoms with Crippen LogP contribution in [-0.4, -0.2) is 19.9 Å². The molecule has 0 aliphatic rings. The van der Waals surface area contributed by atoms with Crippen molar-refractivity contribution >= 4 is 54.4 Å². The van der Waals surface area contributed by atoms with Crippen molar-refractivity contribution in [1.82, 2.24) is 19.9 Å². The molecule has 61 heavy (non-hydrogen) atoms. The number of furan rings is 1. The van der Waals surface area contributed by atoms with Crippen molar-refractivity contribution in [2.45, 2.75) is 0 Å². The molecule has 0 saturated carbocycles. The van der Waals surface area contributed by atoms with Gasteiger partial charge in [-0.05, 0) is 51.7 Å². The molecule has 3 aromatic heterocycles. The molecule has 0 amide bonds. The first-order valence-electron chi connectivity index (χ1n) is 20.5. The maximum atomic E-state index is 6.61. The summed E-state index contributed by atoms with van der Waals surface area (Å²) in [5, 5.41) is 7.84. The van der Waals surface area contributed by atoms with Gasteiger partial charge < -0.3 is 4.42 Å². The average molecular weight is 779 g/mol. The van der Waals surface area contributed by atoms with Crippen LogP contribution in [0, 0.1) is 0 Å². The SMILES string of the molecule is c1ccc(-c2nc(-c3ccc(-c4ccc(-c5c6c(cc7c(-c8ccccc8)nc8ccccc8c57)oc5ccccc56)cc4)cc3)nc(-c3ccc4ccccc4c3)n2)cc1. The minimum Gasteiger partial charge on any atom is -0.456 e. The molecule has 284 valence electrons. The molecular weight excluding hydrogens is 745 g/mol. The molecule has 0 aliphatic carbocycles. The Kier molecular flexibility index (Phi) is 8.10. The number of hydrogen-bond acceptors (Lipinski definition) is 5. The van der Waals surface area contributed by atoms with Crippen molar-refractivity contribution in [3.05, 3.63) is 206 Å². The number of hydrogen-bond donors (Lipinski definition) is 0. The van der Waals surface area contributed by atoms with E-state index < -0.39 is 0 Å². The molecule has 0 unspecified atom stereocenters. The highest BCUT2D eigenvalue weighted by molar-refractivity contribution is 6.27. The average Bonchev–Trinajstić information content (AvgIpc) is 3.71. The van der Waals surface area contributed by atoms with Crippen LogP contribution in [-0.2, 0) is 0 Å². The van der Waals surface area contributed by atoms with Crippen molar-refractivity contribution in [2.24, 2.45) is 0 Å². The van der Waals surface area contributed by atoms with Crippen molar-refractivity contribution in [3.63, 3.8) is 0 Å². The van der Waals surface area contributed by atoms with Crippen LogP contribution >= 0.6 is 0 Å². The first kappa shape index (κ1) is 34.7. The second-order valence-electron chi connectivity index (χ2n) is 15.4. The third-order valence-electron chi connectivity index (χ3n) is 11.7. The number of fused-ring (bicyclic) bond motifs is 7. The molecule has 0 atom stereocenters. The highest BCUT2D eigenvalue weighted by atomic mass is 16.3. The molecule has 0 saturated heterocycles. The van der Waals surface area contributed by atoms with E-state index in [9.17, 15) is 0 Å². The van der Waals surface area contributed by atoms with E-state index in [-0.39, 0.29) is 0 Å². The van der Waals surface area contributed by atoms with Gasteiger partial charge in [-0.25, -0.2) is 19.9 Å². The number of benzene rings is 9. The lowest BCUT2D eigenvalue weighted by Gasteiger charge is -2.16. The van der Waals surface area contributed by atoms with Gasteiger partial charge in [0, 0.05) is 54.7 Å². The maximum absolute atomic E-state index is 6.61. The van der Waals surface area contributed by atoms with Gasteiger partial charge in [-0.3, -0.25) is 0 Å². The minimum absolute atomic E-state index is 0.628. The number of rotatable bonds is 6. The summed E-state index contributed by atoms with van der Waals surface area (Å²) in [7, 11) is 0. The van der Waals surface area contributed by atoms with Crippen LogP contribution in [0.25, 0.3) is 122 Å². The first-order chi connectivity index (χ1) is 30.2. The zero-order valence-corrected chi connectivity index (χ0v) is 32.8. The van der Waals surface area contributed by atoms with Gasteiger partial charge in [0.25, 0.3) is 0 Å². The molecule has 0 radical (unpaired) electrons. The molecule has 12 rings (SSSR count). The topological polar surface area (TPSA) is 64.7 Å². The fraction of sp³-hybridized carbons (Fsp3) is 0. The molecule has 12 aromatic rings. The third-order valence-corrected chi connectivity index (χ3v) is 11.7. The van der Waals surface area contributed by atoms with Crippen LogP contribution in [0.4, 0.5) is 0 Å². The van der Waals surface area contributed by atoms with Gasteiger partial charge in [-0.2, -0.15) is 0 Å². The van der Waals surface area contributed by atoms with Gasteiger partial charge in [-0.15, -0.1) is 0 Å². The highest BCUT2D eigenvalue weighted by Crippen LogP contribution is 2.46. The first-order valence-corrected chi connectivity index (χ1v) is 20.5. The Hall–Kier alpha value is -8.28. The smallest absolute Gasteiger partial charge is 0.164 e. The van der Waals surface area contributed by atoms with Crippen molar-refractivity contribution in [1.29, 1.82) is 0 Å². The summed E-state index contributed by atoms with van der Waals surface area (Å²) in [4.78, 5) is 20.2. The monoisotopic (exact) mass is 778 g/mol. The Bertz CT molecular complexity index is 3620.